The second kappa shape index (κ2) is 10.3. The first-order valence-corrected chi connectivity index (χ1v) is 9.06. The molecule has 2 aromatic carbocycles. The normalized spacial score (nSPS) is 25.1. The smallest absolute Gasteiger partial charge is 0.119 e. The van der Waals surface area contributed by atoms with Crippen LogP contribution in [0.4, 0.5) is 0 Å². The molecule has 1 saturated heterocycles. The summed E-state index contributed by atoms with van der Waals surface area (Å²) in [4.78, 5) is 0. The van der Waals surface area contributed by atoms with Crippen LogP contribution in [0.5, 0.6) is 5.75 Å². The van der Waals surface area contributed by atoms with E-state index in [2.05, 4.69) is 0 Å². The summed E-state index contributed by atoms with van der Waals surface area (Å²) < 4.78 is 11.4. The lowest BCUT2D eigenvalue weighted by Gasteiger charge is -2.36. The molecule has 2 aromatic rings. The first-order valence-electron chi connectivity index (χ1n) is 9.06. The molecule has 1 heterocycles. The molecule has 0 spiro atoms. The highest BCUT2D eigenvalue weighted by Crippen LogP contribution is 2.32. The minimum absolute atomic E-state index is 0.182. The predicted molar refractivity (Wildman–Crippen MR) is 99.9 cm³/mol. The SMILES string of the molecule is CC.OCC1CC(O)C(O)[C@@H](c2ccc(OCc3ccccc3)cc2)O1. The van der Waals surface area contributed by atoms with Crippen molar-refractivity contribution in [2.75, 3.05) is 6.61 Å². The van der Waals surface area contributed by atoms with Crippen LogP contribution in [0.25, 0.3) is 0 Å². The number of aliphatic hydroxyl groups excluding tert-OH is 3. The van der Waals surface area contributed by atoms with E-state index >= 15 is 0 Å². The van der Waals surface area contributed by atoms with Gasteiger partial charge in [0.1, 0.15) is 24.6 Å². The van der Waals surface area contributed by atoms with Gasteiger partial charge in [0.05, 0.1) is 18.8 Å². The highest BCUT2D eigenvalue weighted by Gasteiger charge is 2.37. The average Bonchev–Trinajstić information content (AvgIpc) is 2.71. The molecule has 0 saturated carbocycles. The van der Waals surface area contributed by atoms with E-state index in [1.165, 1.54) is 0 Å². The number of benzene rings is 2. The molecular formula is C21H28O5. The third kappa shape index (κ3) is 5.29. The summed E-state index contributed by atoms with van der Waals surface area (Å²) in [7, 11) is 0. The van der Waals surface area contributed by atoms with Crippen molar-refractivity contribution in [1.29, 1.82) is 0 Å². The van der Waals surface area contributed by atoms with Gasteiger partial charge in [0, 0.05) is 6.42 Å². The van der Waals surface area contributed by atoms with Gasteiger partial charge in [-0.05, 0) is 23.3 Å². The van der Waals surface area contributed by atoms with E-state index in [4.69, 9.17) is 9.47 Å². The number of hydrogen-bond donors (Lipinski definition) is 3. The molecule has 3 rings (SSSR count). The summed E-state index contributed by atoms with van der Waals surface area (Å²) >= 11 is 0. The van der Waals surface area contributed by atoms with Gasteiger partial charge in [0.25, 0.3) is 0 Å². The molecule has 5 nitrogen and oxygen atoms in total. The standard InChI is InChI=1S/C19H22O5.C2H6/c20-11-16-10-17(21)18(22)19(24-16)14-6-8-15(9-7-14)23-12-13-4-2-1-3-5-13;1-2/h1-9,16-22H,10-12H2;1-2H3/t16?,17?,18?,19-;/m1./s1. The first kappa shape index (κ1) is 20.4. The van der Waals surface area contributed by atoms with Crippen LogP contribution >= 0.6 is 0 Å². The zero-order valence-corrected chi connectivity index (χ0v) is 15.3. The van der Waals surface area contributed by atoms with E-state index in [-0.39, 0.29) is 13.0 Å². The minimum Gasteiger partial charge on any atom is -0.489 e. The average molecular weight is 360 g/mol. The third-order valence-electron chi connectivity index (χ3n) is 4.21. The van der Waals surface area contributed by atoms with Crippen molar-refractivity contribution in [3.63, 3.8) is 0 Å². The Morgan fingerprint density at radius 1 is 1.00 bits per heavy atom. The molecule has 0 aromatic heterocycles. The molecule has 4 atom stereocenters. The van der Waals surface area contributed by atoms with Crippen LogP contribution in [0.2, 0.25) is 0 Å². The second-order valence-corrected chi connectivity index (χ2v) is 6.00. The van der Waals surface area contributed by atoms with Crippen molar-refractivity contribution < 1.29 is 24.8 Å². The van der Waals surface area contributed by atoms with E-state index in [9.17, 15) is 15.3 Å². The molecule has 142 valence electrons. The topological polar surface area (TPSA) is 79.2 Å². The molecule has 0 amide bonds. The Kier molecular flexibility index (Phi) is 8.06. The molecular weight excluding hydrogens is 332 g/mol. The van der Waals surface area contributed by atoms with Gasteiger partial charge in [-0.25, -0.2) is 0 Å². The fraction of sp³-hybridized carbons (Fsp3) is 0.429. The lowest BCUT2D eigenvalue weighted by atomic mass is 9.93. The summed E-state index contributed by atoms with van der Waals surface area (Å²) in [5.41, 5.74) is 1.83. The Labute approximate surface area is 154 Å². The first-order chi connectivity index (χ1) is 12.7. The van der Waals surface area contributed by atoms with E-state index in [1.54, 1.807) is 12.1 Å². The van der Waals surface area contributed by atoms with Gasteiger partial charge in [0.15, 0.2) is 0 Å². The summed E-state index contributed by atoms with van der Waals surface area (Å²) in [6, 6.07) is 17.1. The van der Waals surface area contributed by atoms with Crippen LogP contribution in [-0.2, 0) is 11.3 Å². The van der Waals surface area contributed by atoms with Crippen LogP contribution in [0.1, 0.15) is 37.5 Å². The van der Waals surface area contributed by atoms with Gasteiger partial charge in [-0.1, -0.05) is 56.3 Å². The van der Waals surface area contributed by atoms with Crippen molar-refractivity contribution in [2.24, 2.45) is 0 Å². The Morgan fingerprint density at radius 3 is 2.27 bits per heavy atom. The van der Waals surface area contributed by atoms with Crippen LogP contribution in [0.3, 0.4) is 0 Å². The largest absolute Gasteiger partial charge is 0.489 e. The van der Waals surface area contributed by atoms with E-state index in [0.29, 0.717) is 12.4 Å². The highest BCUT2D eigenvalue weighted by molar-refractivity contribution is 5.30. The maximum Gasteiger partial charge on any atom is 0.119 e. The van der Waals surface area contributed by atoms with Gasteiger partial charge in [-0.15, -0.1) is 0 Å². The molecule has 5 heteroatoms. The van der Waals surface area contributed by atoms with Gasteiger partial charge >= 0.3 is 0 Å². The summed E-state index contributed by atoms with van der Waals surface area (Å²) in [5.74, 6) is 0.715. The number of hydrogen-bond acceptors (Lipinski definition) is 5. The fourth-order valence-corrected chi connectivity index (χ4v) is 2.84. The summed E-state index contributed by atoms with van der Waals surface area (Å²) in [6.45, 7) is 4.30. The summed E-state index contributed by atoms with van der Waals surface area (Å²) in [6.07, 6.45) is -2.82. The highest BCUT2D eigenvalue weighted by atomic mass is 16.5. The monoisotopic (exact) mass is 360 g/mol. The molecule has 0 bridgehead atoms. The molecule has 1 fully saturated rings. The Morgan fingerprint density at radius 2 is 1.65 bits per heavy atom. The van der Waals surface area contributed by atoms with Crippen LogP contribution in [0, 0.1) is 0 Å². The minimum atomic E-state index is -1.01. The van der Waals surface area contributed by atoms with Crippen molar-refractivity contribution >= 4 is 0 Å². The molecule has 3 N–H and O–H groups in total. The van der Waals surface area contributed by atoms with Crippen molar-refractivity contribution in [2.45, 2.75) is 51.3 Å². The zero-order valence-electron chi connectivity index (χ0n) is 15.3. The van der Waals surface area contributed by atoms with Crippen molar-refractivity contribution in [3.8, 4) is 5.75 Å². The van der Waals surface area contributed by atoms with Gasteiger partial charge < -0.3 is 24.8 Å². The van der Waals surface area contributed by atoms with Crippen molar-refractivity contribution in [1.82, 2.24) is 0 Å². The maximum absolute atomic E-state index is 10.1. The Balaban J connectivity index is 0.00000117. The number of aliphatic hydroxyl groups is 3. The maximum atomic E-state index is 10.1. The molecule has 1 aliphatic heterocycles. The molecule has 1 aliphatic rings. The lowest BCUT2D eigenvalue weighted by molar-refractivity contribution is -0.179. The Bertz CT molecular complexity index is 629. The van der Waals surface area contributed by atoms with Gasteiger partial charge in [0.2, 0.25) is 0 Å². The van der Waals surface area contributed by atoms with E-state index in [1.807, 2.05) is 56.3 Å². The summed E-state index contributed by atoms with van der Waals surface area (Å²) in [5, 5.41) is 29.3. The lowest BCUT2D eigenvalue weighted by Crippen LogP contribution is -2.44. The number of rotatable bonds is 5. The van der Waals surface area contributed by atoms with Gasteiger partial charge in [-0.2, -0.15) is 0 Å². The Hall–Kier alpha value is -1.92. The third-order valence-corrected chi connectivity index (χ3v) is 4.21. The van der Waals surface area contributed by atoms with Crippen LogP contribution < -0.4 is 4.74 Å². The van der Waals surface area contributed by atoms with E-state index in [0.717, 1.165) is 11.1 Å². The number of ether oxygens (including phenoxy) is 2. The molecule has 3 unspecified atom stereocenters. The molecule has 0 aliphatic carbocycles. The molecule has 26 heavy (non-hydrogen) atoms. The van der Waals surface area contributed by atoms with Crippen LogP contribution in [0.15, 0.2) is 54.6 Å². The zero-order chi connectivity index (χ0) is 18.9. The van der Waals surface area contributed by atoms with Crippen LogP contribution in [-0.4, -0.2) is 40.2 Å². The predicted octanol–water partition coefficient (Wildman–Crippen LogP) is 2.84. The van der Waals surface area contributed by atoms with E-state index < -0.39 is 24.4 Å². The second-order valence-electron chi connectivity index (χ2n) is 6.00. The van der Waals surface area contributed by atoms with Gasteiger partial charge in [-0.3, -0.25) is 0 Å². The molecule has 0 radical (unpaired) electrons. The quantitative estimate of drug-likeness (QED) is 0.764. The van der Waals surface area contributed by atoms with Crippen molar-refractivity contribution in [3.05, 3.63) is 65.7 Å². The fourth-order valence-electron chi connectivity index (χ4n) is 2.84.